The predicted octanol–water partition coefficient (Wildman–Crippen LogP) is 2.92. The Morgan fingerprint density at radius 3 is 2.52 bits per heavy atom. The number of rotatable bonds is 4. The molecule has 1 saturated heterocycles. The number of hydrogen-bond acceptors (Lipinski definition) is 3. The van der Waals surface area contributed by atoms with E-state index in [-0.39, 0.29) is 5.41 Å². The van der Waals surface area contributed by atoms with Crippen molar-refractivity contribution < 1.29 is 0 Å². The molecule has 2 aromatic rings. The first-order chi connectivity index (χ1) is 10.8. The smallest absolute Gasteiger partial charge is 0.0682 e. The van der Waals surface area contributed by atoms with Gasteiger partial charge in [-0.2, -0.15) is 5.10 Å². The largest absolute Gasteiger partial charge is 0.304 e. The molecule has 3 rings (SSSR count). The maximum Gasteiger partial charge on any atom is 0.0682 e. The Morgan fingerprint density at radius 1 is 1.17 bits per heavy atom. The van der Waals surface area contributed by atoms with Crippen molar-refractivity contribution in [3.63, 3.8) is 0 Å². The molecule has 0 saturated carbocycles. The second-order valence-corrected chi connectivity index (χ2v) is 7.88. The number of likely N-dealkylation sites (N-methyl/N-ethyl adjacent to an activating group) is 1. The van der Waals surface area contributed by atoms with Gasteiger partial charge in [0.05, 0.1) is 11.4 Å². The van der Waals surface area contributed by atoms with Crippen LogP contribution in [0.5, 0.6) is 0 Å². The molecule has 1 fully saturated rings. The van der Waals surface area contributed by atoms with Gasteiger partial charge in [-0.15, -0.1) is 0 Å². The number of benzene rings is 1. The maximum absolute atomic E-state index is 4.74. The second-order valence-electron chi connectivity index (χ2n) is 7.88. The standard InChI is InChI=1S/C19H28N4/c1-19(2,3)18-9-10-23(20-18)16-8-6-7-15(11-16)12-22-13-17(14-22)21(4)5/h6-11,17H,12-14H2,1-5H3. The minimum absolute atomic E-state index is 0.0850. The van der Waals surface area contributed by atoms with Crippen LogP contribution in [0.15, 0.2) is 36.5 Å². The van der Waals surface area contributed by atoms with Crippen LogP contribution in [0.2, 0.25) is 0 Å². The third-order valence-electron chi connectivity index (χ3n) is 4.61. The van der Waals surface area contributed by atoms with Crippen LogP contribution in [0, 0.1) is 0 Å². The van der Waals surface area contributed by atoms with E-state index in [1.54, 1.807) is 0 Å². The first-order valence-electron chi connectivity index (χ1n) is 8.37. The Balaban J connectivity index is 1.70. The Hall–Kier alpha value is -1.65. The fourth-order valence-electron chi connectivity index (χ4n) is 2.92. The van der Waals surface area contributed by atoms with E-state index >= 15 is 0 Å². The van der Waals surface area contributed by atoms with Crippen molar-refractivity contribution >= 4 is 0 Å². The summed E-state index contributed by atoms with van der Waals surface area (Å²) in [4.78, 5) is 4.80. The quantitative estimate of drug-likeness (QED) is 0.867. The number of likely N-dealkylation sites (tertiary alicyclic amines) is 1. The predicted molar refractivity (Wildman–Crippen MR) is 95.0 cm³/mol. The zero-order valence-corrected chi connectivity index (χ0v) is 15.0. The highest BCUT2D eigenvalue weighted by atomic mass is 15.3. The summed E-state index contributed by atoms with van der Waals surface area (Å²) >= 11 is 0. The summed E-state index contributed by atoms with van der Waals surface area (Å²) in [6, 6.07) is 11.5. The molecule has 1 aromatic heterocycles. The molecule has 0 unspecified atom stereocenters. The molecular formula is C19H28N4. The van der Waals surface area contributed by atoms with Gasteiger partial charge in [0.25, 0.3) is 0 Å². The Labute approximate surface area is 139 Å². The minimum atomic E-state index is 0.0850. The molecule has 0 N–H and O–H groups in total. The summed E-state index contributed by atoms with van der Waals surface area (Å²) in [6.45, 7) is 9.93. The highest BCUT2D eigenvalue weighted by Crippen LogP contribution is 2.22. The van der Waals surface area contributed by atoms with E-state index in [4.69, 9.17) is 5.10 Å². The molecule has 0 spiro atoms. The summed E-state index contributed by atoms with van der Waals surface area (Å²) < 4.78 is 1.99. The normalized spacial score (nSPS) is 16.8. The molecule has 2 heterocycles. The fourth-order valence-corrected chi connectivity index (χ4v) is 2.92. The minimum Gasteiger partial charge on any atom is -0.304 e. The summed E-state index contributed by atoms with van der Waals surface area (Å²) in [6.07, 6.45) is 2.06. The van der Waals surface area contributed by atoms with E-state index in [1.807, 2.05) is 4.68 Å². The Bertz CT molecular complexity index is 660. The van der Waals surface area contributed by atoms with Crippen molar-refractivity contribution in [2.75, 3.05) is 27.2 Å². The van der Waals surface area contributed by atoms with Gasteiger partial charge in [0.1, 0.15) is 0 Å². The van der Waals surface area contributed by atoms with Crippen LogP contribution < -0.4 is 0 Å². The molecule has 1 aliphatic rings. The van der Waals surface area contributed by atoms with Gasteiger partial charge in [0.2, 0.25) is 0 Å². The van der Waals surface area contributed by atoms with Gasteiger partial charge in [-0.25, -0.2) is 4.68 Å². The zero-order chi connectivity index (χ0) is 16.6. The summed E-state index contributed by atoms with van der Waals surface area (Å²) in [5, 5.41) is 4.74. The van der Waals surface area contributed by atoms with Crippen LogP contribution in [0.1, 0.15) is 32.0 Å². The zero-order valence-electron chi connectivity index (χ0n) is 15.0. The van der Waals surface area contributed by atoms with Crippen molar-refractivity contribution in [3.8, 4) is 5.69 Å². The monoisotopic (exact) mass is 312 g/mol. The van der Waals surface area contributed by atoms with Crippen LogP contribution in [-0.2, 0) is 12.0 Å². The van der Waals surface area contributed by atoms with Crippen LogP contribution in [0.25, 0.3) is 5.69 Å². The van der Waals surface area contributed by atoms with E-state index in [0.717, 1.165) is 31.0 Å². The first kappa shape index (κ1) is 16.2. The lowest BCUT2D eigenvalue weighted by Crippen LogP contribution is -2.56. The van der Waals surface area contributed by atoms with Crippen LogP contribution in [-0.4, -0.2) is 52.8 Å². The van der Waals surface area contributed by atoms with Crippen molar-refractivity contribution in [1.82, 2.24) is 19.6 Å². The molecule has 23 heavy (non-hydrogen) atoms. The molecule has 0 radical (unpaired) electrons. The Morgan fingerprint density at radius 2 is 1.91 bits per heavy atom. The molecular weight excluding hydrogens is 284 g/mol. The molecule has 1 aromatic carbocycles. The highest BCUT2D eigenvalue weighted by Gasteiger charge is 2.27. The average molecular weight is 312 g/mol. The van der Waals surface area contributed by atoms with E-state index in [9.17, 15) is 0 Å². The summed E-state index contributed by atoms with van der Waals surface area (Å²) in [5.74, 6) is 0. The second kappa shape index (κ2) is 6.10. The molecule has 124 valence electrons. The third kappa shape index (κ3) is 3.65. The van der Waals surface area contributed by atoms with Gasteiger partial charge in [-0.3, -0.25) is 4.90 Å². The average Bonchev–Trinajstić information content (AvgIpc) is 2.92. The number of hydrogen-bond donors (Lipinski definition) is 0. The van der Waals surface area contributed by atoms with Gasteiger partial charge < -0.3 is 4.90 Å². The van der Waals surface area contributed by atoms with Crippen LogP contribution in [0.3, 0.4) is 0 Å². The molecule has 1 aliphatic heterocycles. The van der Waals surface area contributed by atoms with Crippen LogP contribution in [0.4, 0.5) is 0 Å². The van der Waals surface area contributed by atoms with E-state index in [2.05, 4.69) is 81.2 Å². The number of aromatic nitrogens is 2. The van der Waals surface area contributed by atoms with Gasteiger partial charge in [-0.05, 0) is 37.9 Å². The third-order valence-corrected chi connectivity index (χ3v) is 4.61. The summed E-state index contributed by atoms with van der Waals surface area (Å²) in [7, 11) is 4.32. The lowest BCUT2D eigenvalue weighted by Gasteiger charge is -2.42. The van der Waals surface area contributed by atoms with Crippen molar-refractivity contribution in [1.29, 1.82) is 0 Å². The van der Waals surface area contributed by atoms with Crippen molar-refractivity contribution in [3.05, 3.63) is 47.8 Å². The molecule has 0 bridgehead atoms. The first-order valence-corrected chi connectivity index (χ1v) is 8.37. The summed E-state index contributed by atoms with van der Waals surface area (Å²) in [5.41, 5.74) is 3.71. The Kier molecular flexibility index (Phi) is 4.30. The van der Waals surface area contributed by atoms with Gasteiger partial charge in [0, 0.05) is 37.3 Å². The van der Waals surface area contributed by atoms with Gasteiger partial charge in [-0.1, -0.05) is 32.9 Å². The van der Waals surface area contributed by atoms with Crippen molar-refractivity contribution in [2.24, 2.45) is 0 Å². The highest BCUT2D eigenvalue weighted by molar-refractivity contribution is 5.36. The molecule has 0 amide bonds. The number of nitrogens with zero attached hydrogens (tertiary/aromatic N) is 4. The van der Waals surface area contributed by atoms with Gasteiger partial charge >= 0.3 is 0 Å². The van der Waals surface area contributed by atoms with Gasteiger partial charge in [0.15, 0.2) is 0 Å². The lowest BCUT2D eigenvalue weighted by molar-refractivity contribution is 0.0574. The van der Waals surface area contributed by atoms with E-state index < -0.39 is 0 Å². The molecule has 4 heteroatoms. The SMILES string of the molecule is CN(C)C1CN(Cc2cccc(-n3ccc(C(C)(C)C)n3)c2)C1. The van der Waals surface area contributed by atoms with Crippen LogP contribution >= 0.6 is 0 Å². The topological polar surface area (TPSA) is 24.3 Å². The lowest BCUT2D eigenvalue weighted by atomic mass is 9.93. The molecule has 0 atom stereocenters. The molecule has 0 aliphatic carbocycles. The van der Waals surface area contributed by atoms with E-state index in [0.29, 0.717) is 6.04 Å². The van der Waals surface area contributed by atoms with Crippen molar-refractivity contribution in [2.45, 2.75) is 38.8 Å². The fraction of sp³-hybridized carbons (Fsp3) is 0.526. The maximum atomic E-state index is 4.74. The molecule has 4 nitrogen and oxygen atoms in total. The van der Waals surface area contributed by atoms with E-state index in [1.165, 1.54) is 5.56 Å².